The minimum absolute atomic E-state index is 0.0747. The van der Waals surface area contributed by atoms with Crippen molar-refractivity contribution in [3.8, 4) is 5.75 Å². The molecule has 2 aromatic rings. The summed E-state index contributed by atoms with van der Waals surface area (Å²) in [6.45, 7) is 6.08. The molecule has 1 unspecified atom stereocenters. The fraction of sp³-hybridized carbons (Fsp3) is 0.444. The van der Waals surface area contributed by atoms with Gasteiger partial charge in [-0.3, -0.25) is 19.3 Å². The number of hydrogen-bond acceptors (Lipinski definition) is 6. The second-order valence-corrected chi connectivity index (χ2v) is 9.13. The number of aryl methyl sites for hydroxylation is 1. The van der Waals surface area contributed by atoms with Crippen LogP contribution < -0.4 is 20.3 Å². The number of nitrogens with zero attached hydrogens (tertiary/aromatic N) is 3. The van der Waals surface area contributed by atoms with Crippen LogP contribution in [0.5, 0.6) is 5.75 Å². The lowest BCUT2D eigenvalue weighted by Gasteiger charge is -2.39. The second kappa shape index (κ2) is 11.9. The molecule has 2 fully saturated rings. The van der Waals surface area contributed by atoms with Crippen molar-refractivity contribution >= 4 is 29.1 Å². The zero-order chi connectivity index (χ0) is 25.5. The molecule has 2 aliphatic rings. The molecule has 9 heteroatoms. The Labute approximate surface area is 212 Å². The summed E-state index contributed by atoms with van der Waals surface area (Å²) in [4.78, 5) is 44.5. The molecule has 0 aliphatic carbocycles. The van der Waals surface area contributed by atoms with Gasteiger partial charge in [0.1, 0.15) is 11.8 Å². The quantitative estimate of drug-likeness (QED) is 0.582. The number of rotatable bonds is 8. The van der Waals surface area contributed by atoms with Gasteiger partial charge in [-0.15, -0.1) is 0 Å². The summed E-state index contributed by atoms with van der Waals surface area (Å²) >= 11 is 0. The first-order valence-electron chi connectivity index (χ1n) is 12.5. The van der Waals surface area contributed by atoms with Crippen molar-refractivity contribution in [3.05, 3.63) is 54.1 Å². The van der Waals surface area contributed by atoms with Crippen LogP contribution in [0.1, 0.15) is 18.9 Å². The number of anilines is 2. The first kappa shape index (κ1) is 25.5. The molecule has 2 N–H and O–H groups in total. The van der Waals surface area contributed by atoms with E-state index in [2.05, 4.69) is 27.4 Å². The molecule has 0 spiro atoms. The Bertz CT molecular complexity index is 1070. The van der Waals surface area contributed by atoms with E-state index in [9.17, 15) is 14.4 Å². The minimum Gasteiger partial charge on any atom is -0.495 e. The van der Waals surface area contributed by atoms with Crippen LogP contribution in [0.3, 0.4) is 0 Å². The number of nitrogens with one attached hydrogen (secondary N) is 2. The second-order valence-electron chi connectivity index (χ2n) is 9.13. The van der Waals surface area contributed by atoms with Crippen LogP contribution in [0.15, 0.2) is 48.5 Å². The fourth-order valence-corrected chi connectivity index (χ4v) is 4.75. The summed E-state index contributed by atoms with van der Waals surface area (Å²) in [6.07, 6.45) is 0.845. The van der Waals surface area contributed by atoms with Gasteiger partial charge in [-0.25, -0.2) is 0 Å². The number of piperazine rings is 2. The Hall–Kier alpha value is -3.59. The Morgan fingerprint density at radius 3 is 2.44 bits per heavy atom. The molecule has 36 heavy (non-hydrogen) atoms. The van der Waals surface area contributed by atoms with Crippen molar-refractivity contribution in [2.75, 3.05) is 63.1 Å². The predicted octanol–water partition coefficient (Wildman–Crippen LogP) is 1.74. The van der Waals surface area contributed by atoms with Gasteiger partial charge in [-0.1, -0.05) is 31.2 Å². The minimum atomic E-state index is -0.809. The normalized spacial score (nSPS) is 18.5. The molecule has 3 amide bonds. The Morgan fingerprint density at radius 2 is 1.75 bits per heavy atom. The van der Waals surface area contributed by atoms with Crippen LogP contribution in [0.4, 0.5) is 11.4 Å². The highest BCUT2D eigenvalue weighted by Gasteiger charge is 2.35. The lowest BCUT2D eigenvalue weighted by atomic mass is 10.1. The predicted molar refractivity (Wildman–Crippen MR) is 139 cm³/mol. The molecule has 0 bridgehead atoms. The average Bonchev–Trinajstić information content (AvgIpc) is 2.90. The molecule has 0 saturated carbocycles. The molecular formula is C27H35N5O4. The summed E-state index contributed by atoms with van der Waals surface area (Å²) < 4.78 is 5.48. The van der Waals surface area contributed by atoms with Gasteiger partial charge < -0.3 is 25.2 Å². The van der Waals surface area contributed by atoms with E-state index < -0.39 is 6.04 Å². The van der Waals surface area contributed by atoms with Gasteiger partial charge in [-0.05, 0) is 36.2 Å². The molecular weight excluding hydrogens is 458 g/mol. The summed E-state index contributed by atoms with van der Waals surface area (Å²) in [5.74, 6) is 0.140. The Balaban J connectivity index is 1.32. The molecule has 0 radical (unpaired) electrons. The maximum atomic E-state index is 13.2. The molecule has 2 saturated heterocycles. The number of amides is 3. The highest BCUT2D eigenvalue weighted by Crippen LogP contribution is 2.28. The van der Waals surface area contributed by atoms with E-state index in [1.807, 2.05) is 48.5 Å². The fourth-order valence-electron chi connectivity index (χ4n) is 4.75. The number of methoxy groups -OCH3 is 1. The van der Waals surface area contributed by atoms with E-state index in [1.54, 1.807) is 12.0 Å². The molecule has 0 aromatic heterocycles. The maximum absolute atomic E-state index is 13.2. The van der Waals surface area contributed by atoms with Crippen LogP contribution in [-0.4, -0.2) is 86.5 Å². The third kappa shape index (κ3) is 6.15. The molecule has 9 nitrogen and oxygen atoms in total. The molecule has 2 heterocycles. The van der Waals surface area contributed by atoms with E-state index in [1.165, 1.54) is 5.56 Å². The van der Waals surface area contributed by atoms with Crippen molar-refractivity contribution < 1.29 is 19.1 Å². The van der Waals surface area contributed by atoms with E-state index in [0.29, 0.717) is 18.8 Å². The maximum Gasteiger partial charge on any atom is 0.243 e. The van der Waals surface area contributed by atoms with E-state index in [-0.39, 0.29) is 30.7 Å². The topological polar surface area (TPSA) is 94.2 Å². The standard InChI is InChI=1S/C27H35N5O4/c1-3-20-8-10-21(11-9-20)29-25(33)18-23-27(35)28-12-13-32(23)26(34)19-30-14-16-31(17-15-30)22-6-4-5-7-24(22)36-2/h4-11,23H,3,12-19H2,1-2H3,(H,28,35)(H,29,33). The summed E-state index contributed by atoms with van der Waals surface area (Å²) in [5, 5.41) is 5.64. The van der Waals surface area contributed by atoms with E-state index in [4.69, 9.17) is 4.74 Å². The van der Waals surface area contributed by atoms with Crippen molar-refractivity contribution in [3.63, 3.8) is 0 Å². The number of hydrogen-bond donors (Lipinski definition) is 2. The highest BCUT2D eigenvalue weighted by molar-refractivity contribution is 5.97. The van der Waals surface area contributed by atoms with Crippen LogP contribution in [-0.2, 0) is 20.8 Å². The van der Waals surface area contributed by atoms with Crippen molar-refractivity contribution in [1.82, 2.24) is 15.1 Å². The number of para-hydroxylation sites is 2. The molecule has 2 aromatic carbocycles. The summed E-state index contributed by atoms with van der Waals surface area (Å²) in [7, 11) is 1.67. The summed E-state index contributed by atoms with van der Waals surface area (Å²) in [5.41, 5.74) is 2.91. The van der Waals surface area contributed by atoms with Gasteiger partial charge in [0.15, 0.2) is 0 Å². The molecule has 4 rings (SSSR count). The number of ether oxygens (including phenoxy) is 1. The molecule has 2 aliphatic heterocycles. The Morgan fingerprint density at radius 1 is 1.03 bits per heavy atom. The van der Waals surface area contributed by atoms with Gasteiger partial charge in [-0.2, -0.15) is 0 Å². The number of carbonyl (C=O) groups excluding carboxylic acids is 3. The van der Waals surface area contributed by atoms with E-state index in [0.717, 1.165) is 44.0 Å². The van der Waals surface area contributed by atoms with Crippen LogP contribution in [0.2, 0.25) is 0 Å². The largest absolute Gasteiger partial charge is 0.495 e. The van der Waals surface area contributed by atoms with Gasteiger partial charge in [0.2, 0.25) is 17.7 Å². The van der Waals surface area contributed by atoms with Crippen molar-refractivity contribution in [1.29, 1.82) is 0 Å². The van der Waals surface area contributed by atoms with Crippen LogP contribution in [0, 0.1) is 0 Å². The number of carbonyl (C=O) groups is 3. The monoisotopic (exact) mass is 493 g/mol. The first-order chi connectivity index (χ1) is 17.5. The van der Waals surface area contributed by atoms with Crippen molar-refractivity contribution in [2.24, 2.45) is 0 Å². The smallest absolute Gasteiger partial charge is 0.243 e. The zero-order valence-corrected chi connectivity index (χ0v) is 21.0. The molecule has 192 valence electrons. The van der Waals surface area contributed by atoms with Crippen molar-refractivity contribution in [2.45, 2.75) is 25.8 Å². The molecule has 1 atom stereocenters. The van der Waals surface area contributed by atoms with Gasteiger partial charge in [0.05, 0.1) is 25.8 Å². The zero-order valence-electron chi connectivity index (χ0n) is 21.0. The third-order valence-corrected chi connectivity index (χ3v) is 6.83. The van der Waals surface area contributed by atoms with E-state index >= 15 is 0 Å². The van der Waals surface area contributed by atoms with Gasteiger partial charge in [0, 0.05) is 45.0 Å². The SMILES string of the molecule is CCc1ccc(NC(=O)CC2C(=O)NCCN2C(=O)CN2CCN(c3ccccc3OC)CC2)cc1. The average molecular weight is 494 g/mol. The lowest BCUT2D eigenvalue weighted by Crippen LogP contribution is -2.60. The van der Waals surface area contributed by atoms with Gasteiger partial charge in [0.25, 0.3) is 0 Å². The lowest BCUT2D eigenvalue weighted by molar-refractivity contribution is -0.145. The van der Waals surface area contributed by atoms with Crippen LogP contribution >= 0.6 is 0 Å². The third-order valence-electron chi connectivity index (χ3n) is 6.83. The Kier molecular flexibility index (Phi) is 8.43. The summed E-state index contributed by atoms with van der Waals surface area (Å²) in [6, 6.07) is 14.8. The number of benzene rings is 2. The highest BCUT2D eigenvalue weighted by atomic mass is 16.5. The first-order valence-corrected chi connectivity index (χ1v) is 12.5. The van der Waals surface area contributed by atoms with Crippen LogP contribution in [0.25, 0.3) is 0 Å². The van der Waals surface area contributed by atoms with Gasteiger partial charge >= 0.3 is 0 Å².